The van der Waals surface area contributed by atoms with Gasteiger partial charge in [-0.05, 0) is 68.0 Å². The zero-order valence-electron chi connectivity index (χ0n) is 27.4. The molecule has 2 heterocycles. The molecule has 0 aliphatic heterocycles. The van der Waals surface area contributed by atoms with E-state index >= 15 is 0 Å². The summed E-state index contributed by atoms with van der Waals surface area (Å²) in [4.78, 5) is 74.4. The van der Waals surface area contributed by atoms with Gasteiger partial charge in [0.15, 0.2) is 11.2 Å². The number of anilines is 3. The molecule has 0 saturated heterocycles. The topological polar surface area (TPSA) is 269 Å². The lowest BCUT2D eigenvalue weighted by Gasteiger charge is -2.17. The summed E-state index contributed by atoms with van der Waals surface area (Å²) < 4.78 is 5.18. The summed E-state index contributed by atoms with van der Waals surface area (Å²) in [5, 5.41) is 23.2. The molecule has 0 radical (unpaired) electrons. The van der Waals surface area contributed by atoms with Gasteiger partial charge in [0.2, 0.25) is 5.95 Å². The molecular weight excluding hydrogens is 674 g/mol. The second-order valence-electron chi connectivity index (χ2n) is 10.5. The second kappa shape index (κ2) is 19.9. The van der Waals surface area contributed by atoms with Crippen LogP contribution in [-0.2, 0) is 20.9 Å². The Bertz CT molecular complexity index is 1800. The van der Waals surface area contributed by atoms with Crippen LogP contribution in [0.5, 0.6) is 0 Å². The monoisotopic (exact) mass is 713 g/mol. The number of carboxylic acid groups (broad SMARTS) is 2. The number of aromatic amines is 1. The standard InChI is InChI=1S/C19H19N7O6.C13H20N2O2.ClH/c20-19-25-15-14(17(30)26-19)23-11(8-22-15)7-21-10-3-1-9(2-4-10)16(29)24-12(18(31)32)5-6-13(27)28;1-3-15(4-2)9-10-17-13(16)11-5-7-12(14)8-6-11;/h1-4,8,12,21H,5-7H2,(H,24,29)(H,27,28)(H,31,32)(H3,20,22,25,26,30);5-8H,3-4,9-10,14H2,1-2H3;1H. The minimum absolute atomic E-state index is 0. The molecule has 4 rings (SSSR count). The van der Waals surface area contributed by atoms with Crippen molar-refractivity contribution in [3.05, 3.63) is 81.9 Å². The zero-order chi connectivity index (χ0) is 35.9. The Balaban J connectivity index is 0.000000409. The van der Waals surface area contributed by atoms with Gasteiger partial charge in [-0.15, -0.1) is 12.4 Å². The van der Waals surface area contributed by atoms with Crippen LogP contribution in [0.1, 0.15) is 53.1 Å². The van der Waals surface area contributed by atoms with Gasteiger partial charge in [-0.25, -0.2) is 19.6 Å². The van der Waals surface area contributed by atoms with Crippen molar-refractivity contribution in [1.82, 2.24) is 30.2 Å². The lowest BCUT2D eigenvalue weighted by molar-refractivity contribution is -0.140. The first kappa shape index (κ1) is 40.4. The van der Waals surface area contributed by atoms with Crippen molar-refractivity contribution in [3.8, 4) is 0 Å². The predicted molar refractivity (Wildman–Crippen MR) is 188 cm³/mol. The van der Waals surface area contributed by atoms with Crippen molar-refractivity contribution in [2.45, 2.75) is 39.3 Å². The van der Waals surface area contributed by atoms with Gasteiger partial charge in [-0.3, -0.25) is 19.4 Å². The Morgan fingerprint density at radius 3 is 2.20 bits per heavy atom. The fraction of sp³-hybridized carbons (Fsp3) is 0.312. The van der Waals surface area contributed by atoms with E-state index in [9.17, 15) is 24.0 Å². The number of nitrogen functional groups attached to an aromatic ring is 2. The van der Waals surface area contributed by atoms with E-state index in [1.54, 1.807) is 36.4 Å². The number of carbonyl (C=O) groups is 4. The van der Waals surface area contributed by atoms with Crippen molar-refractivity contribution < 1.29 is 34.1 Å². The van der Waals surface area contributed by atoms with E-state index in [0.717, 1.165) is 19.6 Å². The number of aliphatic carboxylic acids is 2. The first-order chi connectivity index (χ1) is 23.4. The van der Waals surface area contributed by atoms with Gasteiger partial charge >= 0.3 is 17.9 Å². The molecule has 0 saturated carbocycles. The first-order valence-corrected chi connectivity index (χ1v) is 15.3. The Hall–Kier alpha value is -5.81. The maximum atomic E-state index is 12.3. The summed E-state index contributed by atoms with van der Waals surface area (Å²) in [7, 11) is 0. The van der Waals surface area contributed by atoms with Crippen LogP contribution in [0, 0.1) is 0 Å². The molecule has 2 aromatic carbocycles. The molecule has 1 unspecified atom stereocenters. The highest BCUT2D eigenvalue weighted by Crippen LogP contribution is 2.12. The zero-order valence-corrected chi connectivity index (χ0v) is 28.2. The molecular formula is C32H40ClN9O8. The molecule has 0 fully saturated rings. The van der Waals surface area contributed by atoms with E-state index in [1.165, 1.54) is 18.3 Å². The number of H-pyrrole nitrogens is 1. The summed E-state index contributed by atoms with van der Waals surface area (Å²) in [5.41, 5.74) is 13.2. The largest absolute Gasteiger partial charge is 0.481 e. The fourth-order valence-electron chi connectivity index (χ4n) is 4.26. The number of hydrogen-bond acceptors (Lipinski definition) is 13. The molecule has 2 aromatic heterocycles. The van der Waals surface area contributed by atoms with Crippen LogP contribution >= 0.6 is 12.4 Å². The van der Waals surface area contributed by atoms with Gasteiger partial charge in [0.25, 0.3) is 11.5 Å². The van der Waals surface area contributed by atoms with E-state index in [1.807, 2.05) is 0 Å². The van der Waals surface area contributed by atoms with Crippen molar-refractivity contribution in [3.63, 3.8) is 0 Å². The van der Waals surface area contributed by atoms with Gasteiger partial charge in [0.05, 0.1) is 24.0 Å². The van der Waals surface area contributed by atoms with Crippen LogP contribution in [-0.4, -0.2) is 91.1 Å². The molecule has 0 bridgehead atoms. The number of fused-ring (bicyclic) bond motifs is 1. The molecule has 50 heavy (non-hydrogen) atoms. The van der Waals surface area contributed by atoms with Crippen molar-refractivity contribution in [1.29, 1.82) is 0 Å². The van der Waals surface area contributed by atoms with Crippen LogP contribution in [0.4, 0.5) is 17.3 Å². The molecule has 1 atom stereocenters. The lowest BCUT2D eigenvalue weighted by Crippen LogP contribution is -2.41. The number of hydrogen-bond donors (Lipinski definition) is 7. The number of carbonyl (C=O) groups excluding carboxylic acids is 2. The van der Waals surface area contributed by atoms with Crippen LogP contribution in [0.3, 0.4) is 0 Å². The number of nitrogens with zero attached hydrogens (tertiary/aromatic N) is 4. The summed E-state index contributed by atoms with van der Waals surface area (Å²) >= 11 is 0. The Kier molecular flexibility index (Phi) is 16.0. The van der Waals surface area contributed by atoms with Gasteiger partial charge < -0.3 is 42.0 Å². The second-order valence-corrected chi connectivity index (χ2v) is 10.5. The quantitative estimate of drug-likeness (QED) is 0.0687. The Labute approximate surface area is 292 Å². The minimum Gasteiger partial charge on any atom is -0.481 e. The minimum atomic E-state index is -1.31. The number of nitrogens with two attached hydrogens (primary N) is 2. The molecule has 0 spiro atoms. The highest BCUT2D eigenvalue weighted by Gasteiger charge is 2.21. The number of esters is 1. The molecule has 0 aliphatic rings. The molecule has 18 heteroatoms. The van der Waals surface area contributed by atoms with Crippen LogP contribution < -0.4 is 27.7 Å². The van der Waals surface area contributed by atoms with E-state index in [2.05, 4.69) is 49.3 Å². The highest BCUT2D eigenvalue weighted by atomic mass is 35.5. The summed E-state index contributed by atoms with van der Waals surface area (Å²) in [5.74, 6) is -3.45. The molecule has 0 aliphatic carbocycles. The third kappa shape index (κ3) is 12.7. The molecule has 268 valence electrons. The average Bonchev–Trinajstić information content (AvgIpc) is 3.08. The van der Waals surface area contributed by atoms with Crippen molar-refractivity contribution >= 4 is 64.7 Å². The van der Waals surface area contributed by atoms with Crippen LogP contribution in [0.2, 0.25) is 0 Å². The number of benzene rings is 2. The van der Waals surface area contributed by atoms with Crippen LogP contribution in [0.25, 0.3) is 11.2 Å². The molecule has 17 nitrogen and oxygen atoms in total. The normalized spacial score (nSPS) is 11.0. The smallest absolute Gasteiger partial charge is 0.338 e. The van der Waals surface area contributed by atoms with E-state index < -0.39 is 29.4 Å². The number of likely N-dealkylation sites (N-methyl/N-ethyl adjacent to an activating group) is 1. The number of halogens is 1. The molecule has 4 aromatic rings. The van der Waals surface area contributed by atoms with Gasteiger partial charge in [0, 0.05) is 29.9 Å². The average molecular weight is 714 g/mol. The Morgan fingerprint density at radius 2 is 1.60 bits per heavy atom. The summed E-state index contributed by atoms with van der Waals surface area (Å²) in [6.07, 6.45) is 0.840. The number of aromatic nitrogens is 4. The number of amides is 1. The van der Waals surface area contributed by atoms with Crippen molar-refractivity contribution in [2.24, 2.45) is 0 Å². The first-order valence-electron chi connectivity index (χ1n) is 15.3. The third-order valence-corrected chi connectivity index (χ3v) is 7.04. The van der Waals surface area contributed by atoms with Gasteiger partial charge in [-0.1, -0.05) is 13.8 Å². The maximum Gasteiger partial charge on any atom is 0.338 e. The fourth-order valence-corrected chi connectivity index (χ4v) is 4.26. The van der Waals surface area contributed by atoms with Gasteiger partial charge in [-0.2, -0.15) is 4.98 Å². The maximum absolute atomic E-state index is 12.3. The number of carboxylic acids is 2. The lowest BCUT2D eigenvalue weighted by atomic mass is 10.1. The van der Waals surface area contributed by atoms with Crippen LogP contribution in [0.15, 0.2) is 59.5 Å². The SMILES string of the molecule is CCN(CC)CCOC(=O)c1ccc(N)cc1.Cl.Nc1nc2ncc(CNc3ccc(C(=O)NC(CCC(=O)O)C(=O)O)cc3)nc2c(=O)[nH]1. The van der Waals surface area contributed by atoms with E-state index in [4.69, 9.17) is 26.4 Å². The summed E-state index contributed by atoms with van der Waals surface area (Å²) in [6.45, 7) is 7.54. The number of rotatable bonds is 15. The van der Waals surface area contributed by atoms with Crippen molar-refractivity contribution in [2.75, 3.05) is 43.0 Å². The third-order valence-electron chi connectivity index (χ3n) is 7.04. The Morgan fingerprint density at radius 1 is 0.960 bits per heavy atom. The molecule has 1 amide bonds. The molecule has 9 N–H and O–H groups in total. The summed E-state index contributed by atoms with van der Waals surface area (Å²) in [6, 6.07) is 11.6. The van der Waals surface area contributed by atoms with E-state index in [0.29, 0.717) is 29.2 Å². The predicted octanol–water partition coefficient (Wildman–Crippen LogP) is 2.14. The number of ether oxygens (including phenoxy) is 1. The number of nitrogens with one attached hydrogen (secondary N) is 3. The van der Waals surface area contributed by atoms with E-state index in [-0.39, 0.29) is 60.4 Å². The van der Waals surface area contributed by atoms with Gasteiger partial charge in [0.1, 0.15) is 12.6 Å². The highest BCUT2D eigenvalue weighted by molar-refractivity contribution is 5.97.